The van der Waals surface area contributed by atoms with Crippen LogP contribution in [0.3, 0.4) is 0 Å². The van der Waals surface area contributed by atoms with Crippen molar-refractivity contribution in [1.82, 2.24) is 14.5 Å². The van der Waals surface area contributed by atoms with Crippen molar-refractivity contribution in [1.29, 1.82) is 0 Å². The van der Waals surface area contributed by atoms with E-state index in [0.29, 0.717) is 29.2 Å². The number of para-hydroxylation sites is 2. The Bertz CT molecular complexity index is 1420. The first kappa shape index (κ1) is 23.3. The highest BCUT2D eigenvalue weighted by molar-refractivity contribution is 6.30. The van der Waals surface area contributed by atoms with Gasteiger partial charge in [0.2, 0.25) is 5.91 Å². The Labute approximate surface area is 201 Å². The Kier molecular flexibility index (Phi) is 7.13. The van der Waals surface area contributed by atoms with E-state index in [2.05, 4.69) is 5.32 Å². The molecule has 0 aliphatic rings. The molecule has 0 fully saturated rings. The largest absolute Gasteiger partial charge is 0.494 e. The molecule has 0 spiro atoms. The highest BCUT2D eigenvalue weighted by Gasteiger charge is 2.15. The van der Waals surface area contributed by atoms with Gasteiger partial charge >= 0.3 is 11.1 Å². The standard InChI is InChI=1S/C26H24ClN3O4/c1-2-34-21-13-9-18(10-14-21)15-28-24(31)17-30-23-6-4-3-5-22(23)29(25(32)26(30)33)16-19-7-11-20(27)12-8-19/h3-14H,2,15-17H2,1H3,(H,28,31). The fourth-order valence-electron chi connectivity index (χ4n) is 3.73. The summed E-state index contributed by atoms with van der Waals surface area (Å²) < 4.78 is 8.07. The van der Waals surface area contributed by atoms with E-state index >= 15 is 0 Å². The summed E-state index contributed by atoms with van der Waals surface area (Å²) >= 11 is 5.95. The van der Waals surface area contributed by atoms with E-state index in [0.717, 1.165) is 16.9 Å². The van der Waals surface area contributed by atoms with Gasteiger partial charge in [-0.2, -0.15) is 0 Å². The highest BCUT2D eigenvalue weighted by atomic mass is 35.5. The minimum absolute atomic E-state index is 0.219. The van der Waals surface area contributed by atoms with Crippen molar-refractivity contribution in [3.05, 3.63) is 110 Å². The van der Waals surface area contributed by atoms with Gasteiger partial charge in [-0.15, -0.1) is 0 Å². The van der Waals surface area contributed by atoms with Gasteiger partial charge in [0.15, 0.2) is 0 Å². The van der Waals surface area contributed by atoms with E-state index in [9.17, 15) is 14.4 Å². The maximum Gasteiger partial charge on any atom is 0.317 e. The highest BCUT2D eigenvalue weighted by Crippen LogP contribution is 2.15. The molecule has 4 rings (SSSR count). The predicted octanol–water partition coefficient (Wildman–Crippen LogP) is 3.58. The fourth-order valence-corrected chi connectivity index (χ4v) is 3.85. The maximum atomic E-state index is 13.0. The molecule has 34 heavy (non-hydrogen) atoms. The van der Waals surface area contributed by atoms with E-state index in [1.165, 1.54) is 9.13 Å². The first-order valence-corrected chi connectivity index (χ1v) is 11.3. The minimum Gasteiger partial charge on any atom is -0.494 e. The van der Waals surface area contributed by atoms with Crippen LogP contribution in [0.15, 0.2) is 82.4 Å². The normalized spacial score (nSPS) is 10.9. The zero-order valence-electron chi connectivity index (χ0n) is 18.7. The van der Waals surface area contributed by atoms with Crippen LogP contribution >= 0.6 is 11.6 Å². The van der Waals surface area contributed by atoms with E-state index in [1.54, 1.807) is 36.4 Å². The van der Waals surface area contributed by atoms with Crippen LogP contribution in [0.1, 0.15) is 18.1 Å². The first-order chi connectivity index (χ1) is 16.5. The zero-order chi connectivity index (χ0) is 24.1. The number of nitrogens with one attached hydrogen (secondary N) is 1. The molecule has 1 aromatic heterocycles. The molecule has 1 N–H and O–H groups in total. The van der Waals surface area contributed by atoms with Crippen LogP contribution < -0.4 is 21.2 Å². The number of amides is 1. The molecular weight excluding hydrogens is 454 g/mol. The van der Waals surface area contributed by atoms with Gasteiger partial charge in [-0.25, -0.2) is 0 Å². The van der Waals surface area contributed by atoms with E-state index in [4.69, 9.17) is 16.3 Å². The SMILES string of the molecule is CCOc1ccc(CNC(=O)Cn2c(=O)c(=O)n(Cc3ccc(Cl)cc3)c3ccccc32)cc1. The number of hydrogen-bond donors (Lipinski definition) is 1. The number of fused-ring (bicyclic) bond motifs is 1. The number of nitrogens with zero attached hydrogens (tertiary/aromatic N) is 2. The Morgan fingerprint density at radius 2 is 1.44 bits per heavy atom. The van der Waals surface area contributed by atoms with Crippen LogP contribution in [0, 0.1) is 0 Å². The predicted molar refractivity (Wildman–Crippen MR) is 132 cm³/mol. The quantitative estimate of drug-likeness (QED) is 0.393. The summed E-state index contributed by atoms with van der Waals surface area (Å²) in [4.78, 5) is 38.6. The summed E-state index contributed by atoms with van der Waals surface area (Å²) in [6.07, 6.45) is 0. The summed E-state index contributed by atoms with van der Waals surface area (Å²) in [7, 11) is 0. The molecule has 0 aliphatic carbocycles. The summed E-state index contributed by atoms with van der Waals surface area (Å²) in [5.41, 5.74) is 1.38. The molecule has 7 nitrogen and oxygen atoms in total. The van der Waals surface area contributed by atoms with Crippen molar-refractivity contribution in [2.24, 2.45) is 0 Å². The van der Waals surface area contributed by atoms with Crippen LogP contribution in [-0.4, -0.2) is 21.6 Å². The van der Waals surface area contributed by atoms with Crippen LogP contribution in [-0.2, 0) is 24.4 Å². The lowest BCUT2D eigenvalue weighted by molar-refractivity contribution is -0.121. The number of aromatic nitrogens is 2. The van der Waals surface area contributed by atoms with Gasteiger partial charge in [0.05, 0.1) is 24.2 Å². The van der Waals surface area contributed by atoms with Gasteiger partial charge in [0.25, 0.3) is 0 Å². The third-order valence-corrected chi connectivity index (χ3v) is 5.67. The molecule has 8 heteroatoms. The van der Waals surface area contributed by atoms with Crippen molar-refractivity contribution in [2.75, 3.05) is 6.61 Å². The monoisotopic (exact) mass is 477 g/mol. The summed E-state index contributed by atoms with van der Waals surface area (Å²) in [6.45, 7) is 2.75. The molecule has 0 radical (unpaired) electrons. The number of carbonyl (C=O) groups is 1. The number of hydrogen-bond acceptors (Lipinski definition) is 4. The zero-order valence-corrected chi connectivity index (χ0v) is 19.4. The molecule has 1 amide bonds. The Balaban J connectivity index is 1.57. The molecule has 4 aromatic rings. The third kappa shape index (κ3) is 5.21. The smallest absolute Gasteiger partial charge is 0.317 e. The van der Waals surface area contributed by atoms with Gasteiger partial charge in [-0.05, 0) is 54.4 Å². The summed E-state index contributed by atoms with van der Waals surface area (Å²) in [6, 6.07) is 21.6. The van der Waals surface area contributed by atoms with Crippen molar-refractivity contribution in [3.63, 3.8) is 0 Å². The second kappa shape index (κ2) is 10.4. The molecule has 0 saturated heterocycles. The van der Waals surface area contributed by atoms with Gasteiger partial charge in [0, 0.05) is 11.6 Å². The van der Waals surface area contributed by atoms with Gasteiger partial charge in [0.1, 0.15) is 12.3 Å². The molecule has 0 atom stereocenters. The second-order valence-electron chi connectivity index (χ2n) is 7.75. The van der Waals surface area contributed by atoms with Crippen molar-refractivity contribution >= 4 is 28.5 Å². The number of ether oxygens (including phenoxy) is 1. The van der Waals surface area contributed by atoms with Crippen LogP contribution in [0.5, 0.6) is 5.75 Å². The van der Waals surface area contributed by atoms with E-state index in [1.807, 2.05) is 43.3 Å². The number of carbonyl (C=O) groups excluding carboxylic acids is 1. The molecule has 174 valence electrons. The topological polar surface area (TPSA) is 82.3 Å². The summed E-state index contributed by atoms with van der Waals surface area (Å²) in [5, 5.41) is 3.40. The number of rotatable bonds is 8. The molecular formula is C26H24ClN3O4. The van der Waals surface area contributed by atoms with Gasteiger partial charge in [-0.3, -0.25) is 23.5 Å². The number of halogens is 1. The fraction of sp³-hybridized carbons (Fsp3) is 0.192. The summed E-state index contributed by atoms with van der Waals surface area (Å²) in [5.74, 6) is 0.394. The lowest BCUT2D eigenvalue weighted by Gasteiger charge is -2.15. The minimum atomic E-state index is -0.746. The maximum absolute atomic E-state index is 13.0. The van der Waals surface area contributed by atoms with E-state index in [-0.39, 0.29) is 19.0 Å². The molecule has 1 heterocycles. The number of benzene rings is 3. The van der Waals surface area contributed by atoms with Gasteiger partial charge in [-0.1, -0.05) is 48.0 Å². The van der Waals surface area contributed by atoms with E-state index < -0.39 is 11.1 Å². The molecule has 0 bridgehead atoms. The van der Waals surface area contributed by atoms with Crippen LogP contribution in [0.25, 0.3) is 11.0 Å². The Hall–Kier alpha value is -3.84. The lowest BCUT2D eigenvalue weighted by Crippen LogP contribution is -2.44. The van der Waals surface area contributed by atoms with Crippen molar-refractivity contribution in [3.8, 4) is 5.75 Å². The molecule has 3 aromatic carbocycles. The Morgan fingerprint density at radius 1 is 0.853 bits per heavy atom. The van der Waals surface area contributed by atoms with Crippen LogP contribution in [0.2, 0.25) is 5.02 Å². The molecule has 0 saturated carbocycles. The van der Waals surface area contributed by atoms with Crippen molar-refractivity contribution in [2.45, 2.75) is 26.6 Å². The third-order valence-electron chi connectivity index (χ3n) is 5.42. The van der Waals surface area contributed by atoms with Crippen molar-refractivity contribution < 1.29 is 9.53 Å². The molecule has 0 aliphatic heterocycles. The lowest BCUT2D eigenvalue weighted by atomic mass is 10.2. The average molecular weight is 478 g/mol. The molecule has 0 unspecified atom stereocenters. The average Bonchev–Trinajstić information content (AvgIpc) is 2.85. The second-order valence-corrected chi connectivity index (χ2v) is 8.19. The van der Waals surface area contributed by atoms with Gasteiger partial charge < -0.3 is 10.1 Å². The van der Waals surface area contributed by atoms with Crippen LogP contribution in [0.4, 0.5) is 0 Å². The first-order valence-electron chi connectivity index (χ1n) is 10.9. The Morgan fingerprint density at radius 3 is 2.09 bits per heavy atom.